The first-order valence-corrected chi connectivity index (χ1v) is 20.0. The maximum absolute atomic E-state index is 14.0. The van der Waals surface area contributed by atoms with Gasteiger partial charge >= 0.3 is 6.09 Å². The predicted molar refractivity (Wildman–Crippen MR) is 211 cm³/mol. The van der Waals surface area contributed by atoms with Gasteiger partial charge in [-0.2, -0.15) is 0 Å². The van der Waals surface area contributed by atoms with E-state index in [2.05, 4.69) is 15.5 Å². The fourth-order valence-corrected chi connectivity index (χ4v) is 7.01. The molecule has 4 amide bonds. The van der Waals surface area contributed by atoms with E-state index in [0.717, 1.165) is 21.7 Å². The molecule has 16 heteroatoms. The molecule has 0 radical (unpaired) electrons. The van der Waals surface area contributed by atoms with E-state index in [1.165, 1.54) is 14.7 Å². The van der Waals surface area contributed by atoms with Gasteiger partial charge in [-0.25, -0.2) is 9.78 Å². The quantitative estimate of drug-likeness (QED) is 0.156. The third-order valence-electron chi connectivity index (χ3n) is 9.22. The number of aliphatic hydroxyl groups is 1. The van der Waals surface area contributed by atoms with Crippen LogP contribution in [0, 0.1) is 12.8 Å². The first kappa shape index (κ1) is 44.2. The van der Waals surface area contributed by atoms with Crippen LogP contribution in [0.3, 0.4) is 0 Å². The molecule has 3 aromatic rings. The number of carbonyl (C=O) groups is 4. The van der Waals surface area contributed by atoms with Crippen LogP contribution in [0.5, 0.6) is 5.88 Å². The molecule has 1 saturated heterocycles. The minimum absolute atomic E-state index is 0.0395. The van der Waals surface area contributed by atoms with Gasteiger partial charge in [0.2, 0.25) is 17.7 Å². The lowest BCUT2D eigenvalue weighted by Gasteiger charge is -2.28. The summed E-state index contributed by atoms with van der Waals surface area (Å²) in [4.78, 5) is 61.9. The summed E-state index contributed by atoms with van der Waals surface area (Å²) in [6, 6.07) is 8.69. The van der Waals surface area contributed by atoms with E-state index < -0.39 is 29.8 Å². The number of hydrogen-bond acceptors (Lipinski definition) is 12. The Bertz CT molecular complexity index is 1740. The maximum atomic E-state index is 14.0. The fraction of sp³-hybridized carbons (Fsp3) is 0.600. The van der Waals surface area contributed by atoms with E-state index in [-0.39, 0.29) is 75.1 Å². The summed E-state index contributed by atoms with van der Waals surface area (Å²) in [5.41, 5.74) is 4.10. The average Bonchev–Trinajstić information content (AvgIpc) is 3.88. The van der Waals surface area contributed by atoms with Crippen molar-refractivity contribution in [2.45, 2.75) is 97.4 Å². The van der Waals surface area contributed by atoms with Crippen molar-refractivity contribution in [3.8, 4) is 16.3 Å². The standard InChI is InChI=1S/C40H58N6O9S/c1-26(2)35(38(50)46-24-30(47)21-31(46)37(49)41-23-28-11-13-29(14-12-28)36-27(3)42-25-56-36)32-22-33(43-55-32)53-19-10-9-18-52-20-17-45(16-15-34(48)44(7)8)39(51)54-40(4,5)6/h11-14,22,25-26,30-31,35,47H,9-10,15-21,23-24H2,1-8H3,(H,41,49)/t30?,31-,35?/m0/s1. The van der Waals surface area contributed by atoms with Gasteiger partial charge < -0.3 is 43.9 Å². The largest absolute Gasteiger partial charge is 0.476 e. The number of benzene rings is 1. The number of unbranched alkanes of at least 4 members (excludes halogenated alkanes) is 1. The Balaban J connectivity index is 1.22. The van der Waals surface area contributed by atoms with Gasteiger partial charge in [-0.05, 0) is 62.7 Å². The molecule has 1 aliphatic rings. The number of rotatable bonds is 19. The zero-order chi connectivity index (χ0) is 41.0. The van der Waals surface area contributed by atoms with E-state index in [0.29, 0.717) is 31.8 Å². The van der Waals surface area contributed by atoms with E-state index in [1.54, 1.807) is 52.3 Å². The highest BCUT2D eigenvalue weighted by Gasteiger charge is 2.43. The summed E-state index contributed by atoms with van der Waals surface area (Å²) in [5.74, 6) is -1.10. The third-order valence-corrected chi connectivity index (χ3v) is 10.2. The molecule has 2 unspecified atom stereocenters. The number of nitrogens with zero attached hydrogens (tertiary/aromatic N) is 5. The monoisotopic (exact) mass is 798 g/mol. The summed E-state index contributed by atoms with van der Waals surface area (Å²) in [5, 5.41) is 17.5. The Morgan fingerprint density at radius 3 is 2.43 bits per heavy atom. The Labute approximate surface area is 333 Å². The van der Waals surface area contributed by atoms with Gasteiger partial charge in [-0.1, -0.05) is 38.1 Å². The number of ether oxygens (including phenoxy) is 3. The molecule has 0 saturated carbocycles. The van der Waals surface area contributed by atoms with Gasteiger partial charge in [0, 0.05) is 65.8 Å². The highest BCUT2D eigenvalue weighted by atomic mass is 32.1. The number of carbonyl (C=O) groups excluding carboxylic acids is 4. The minimum Gasteiger partial charge on any atom is -0.476 e. The van der Waals surface area contributed by atoms with Crippen LogP contribution in [0.2, 0.25) is 0 Å². The van der Waals surface area contributed by atoms with E-state index in [1.807, 2.05) is 50.5 Å². The van der Waals surface area contributed by atoms with E-state index in [4.69, 9.17) is 18.7 Å². The molecular weight excluding hydrogens is 741 g/mol. The topological polar surface area (TPSA) is 177 Å². The van der Waals surface area contributed by atoms with Crippen molar-refractivity contribution in [2.24, 2.45) is 5.92 Å². The number of likely N-dealkylation sites (tertiary alicyclic amines) is 1. The predicted octanol–water partition coefficient (Wildman–Crippen LogP) is 5.02. The van der Waals surface area contributed by atoms with Crippen molar-refractivity contribution >= 4 is 35.2 Å². The Kier molecular flexibility index (Phi) is 16.2. The molecule has 15 nitrogen and oxygen atoms in total. The van der Waals surface area contributed by atoms with Gasteiger partial charge in [-0.15, -0.1) is 11.3 Å². The molecule has 1 aromatic carbocycles. The van der Waals surface area contributed by atoms with Crippen LogP contribution in [-0.2, 0) is 30.4 Å². The molecule has 3 atom stereocenters. The molecule has 0 spiro atoms. The van der Waals surface area contributed by atoms with Gasteiger partial charge in [0.25, 0.3) is 5.88 Å². The molecule has 2 N–H and O–H groups in total. The molecule has 1 aliphatic heterocycles. The highest BCUT2D eigenvalue weighted by Crippen LogP contribution is 2.33. The second-order valence-corrected chi connectivity index (χ2v) is 16.4. The first-order valence-electron chi connectivity index (χ1n) is 19.1. The van der Waals surface area contributed by atoms with Crippen LogP contribution in [0.15, 0.2) is 40.4 Å². The second-order valence-electron chi connectivity index (χ2n) is 15.5. The molecule has 56 heavy (non-hydrogen) atoms. The Morgan fingerprint density at radius 1 is 1.07 bits per heavy atom. The molecule has 3 heterocycles. The molecule has 0 aliphatic carbocycles. The summed E-state index contributed by atoms with van der Waals surface area (Å²) in [6.07, 6.45) is 0.339. The van der Waals surface area contributed by atoms with Crippen molar-refractivity contribution in [2.75, 3.05) is 53.6 Å². The van der Waals surface area contributed by atoms with Crippen molar-refractivity contribution in [3.05, 3.63) is 52.9 Å². The average molecular weight is 799 g/mol. The van der Waals surface area contributed by atoms with Crippen LogP contribution >= 0.6 is 11.3 Å². The highest BCUT2D eigenvalue weighted by molar-refractivity contribution is 7.13. The minimum atomic E-state index is -0.829. The normalized spacial score (nSPS) is 16.1. The van der Waals surface area contributed by atoms with E-state index >= 15 is 0 Å². The molecule has 4 rings (SSSR count). The maximum Gasteiger partial charge on any atom is 0.410 e. The van der Waals surface area contributed by atoms with Gasteiger partial charge in [0.15, 0.2) is 5.76 Å². The SMILES string of the molecule is Cc1ncsc1-c1ccc(CNC(=O)[C@@H]2CC(O)CN2C(=O)C(c2cc(OCCCCOCCN(CCC(=O)N(C)C)C(=O)OC(C)(C)C)no2)C(C)C)cc1. The van der Waals surface area contributed by atoms with Gasteiger partial charge in [0.05, 0.1) is 35.4 Å². The van der Waals surface area contributed by atoms with Crippen molar-refractivity contribution < 1.29 is 43.0 Å². The summed E-state index contributed by atoms with van der Waals surface area (Å²) >= 11 is 1.58. The van der Waals surface area contributed by atoms with Crippen LogP contribution in [0.4, 0.5) is 4.79 Å². The number of amides is 4. The third kappa shape index (κ3) is 13.0. The zero-order valence-electron chi connectivity index (χ0n) is 33.9. The van der Waals surface area contributed by atoms with Crippen LogP contribution in [-0.4, -0.2) is 125 Å². The Morgan fingerprint density at radius 2 is 1.79 bits per heavy atom. The molecule has 0 bridgehead atoms. The number of nitrogens with one attached hydrogen (secondary N) is 1. The van der Waals surface area contributed by atoms with Crippen molar-refractivity contribution in [3.63, 3.8) is 0 Å². The fourth-order valence-electron chi connectivity index (χ4n) is 6.20. The molecule has 1 fully saturated rings. The van der Waals surface area contributed by atoms with Crippen molar-refractivity contribution in [1.29, 1.82) is 0 Å². The molecule has 2 aromatic heterocycles. The lowest BCUT2D eigenvalue weighted by molar-refractivity contribution is -0.141. The number of β-amino-alcohol motifs (C(OH)–C–C–N with tert-alkyl or cyclic N) is 1. The second kappa shape index (κ2) is 20.6. The summed E-state index contributed by atoms with van der Waals surface area (Å²) < 4.78 is 22.6. The van der Waals surface area contributed by atoms with E-state index in [9.17, 15) is 24.3 Å². The van der Waals surface area contributed by atoms with Crippen LogP contribution in [0.1, 0.15) is 83.2 Å². The number of aryl methyl sites for hydroxylation is 1. The summed E-state index contributed by atoms with van der Waals surface area (Å²) in [6.45, 7) is 13.0. The number of thiazole rings is 1. The van der Waals surface area contributed by atoms with Crippen LogP contribution < -0.4 is 10.1 Å². The van der Waals surface area contributed by atoms with Crippen molar-refractivity contribution in [1.82, 2.24) is 30.2 Å². The lowest BCUT2D eigenvalue weighted by atomic mass is 9.91. The smallest absolute Gasteiger partial charge is 0.410 e. The zero-order valence-corrected chi connectivity index (χ0v) is 34.7. The Hall–Kier alpha value is -4.54. The lowest BCUT2D eigenvalue weighted by Crippen LogP contribution is -2.48. The molecular formula is C40H58N6O9S. The van der Waals surface area contributed by atoms with Gasteiger partial charge in [-0.3, -0.25) is 14.4 Å². The number of aromatic nitrogens is 2. The number of aliphatic hydroxyl groups excluding tert-OH is 1. The first-order chi connectivity index (χ1) is 26.5. The molecule has 308 valence electrons. The summed E-state index contributed by atoms with van der Waals surface area (Å²) in [7, 11) is 3.35. The number of hydrogen-bond donors (Lipinski definition) is 2. The van der Waals surface area contributed by atoms with Crippen LogP contribution in [0.25, 0.3) is 10.4 Å². The van der Waals surface area contributed by atoms with Gasteiger partial charge in [0.1, 0.15) is 17.6 Å².